The summed E-state index contributed by atoms with van der Waals surface area (Å²) < 4.78 is 17.4. The summed E-state index contributed by atoms with van der Waals surface area (Å²) in [4.78, 5) is 23.9. The van der Waals surface area contributed by atoms with Gasteiger partial charge < -0.3 is 29.6 Å². The van der Waals surface area contributed by atoms with Crippen molar-refractivity contribution in [1.29, 1.82) is 0 Å². The number of H-pyrrole nitrogens is 1. The highest BCUT2D eigenvalue weighted by Crippen LogP contribution is 2.37. The first-order valence-corrected chi connectivity index (χ1v) is 10.6. The first-order chi connectivity index (χ1) is 15.4. The lowest BCUT2D eigenvalue weighted by Gasteiger charge is -2.26. The van der Waals surface area contributed by atoms with E-state index in [1.807, 2.05) is 24.4 Å². The zero-order valence-corrected chi connectivity index (χ0v) is 18.5. The highest BCUT2D eigenvalue weighted by Gasteiger charge is 2.39. The van der Waals surface area contributed by atoms with E-state index in [0.29, 0.717) is 49.9 Å². The normalized spacial score (nSPS) is 19.2. The Kier molecular flexibility index (Phi) is 6.40. The molecule has 3 aromatic rings. The summed E-state index contributed by atoms with van der Waals surface area (Å²) >= 11 is 0. The molecule has 9 heteroatoms. The molecule has 0 spiro atoms. The van der Waals surface area contributed by atoms with Crippen LogP contribution < -0.4 is 10.1 Å². The summed E-state index contributed by atoms with van der Waals surface area (Å²) in [5, 5.41) is 13.2. The lowest BCUT2D eigenvalue weighted by molar-refractivity contribution is -0.114. The number of anilines is 1. The van der Waals surface area contributed by atoms with Crippen molar-refractivity contribution in [1.82, 2.24) is 15.0 Å². The molecule has 0 aliphatic carbocycles. The highest BCUT2D eigenvalue weighted by molar-refractivity contribution is 5.97. The van der Waals surface area contributed by atoms with E-state index in [2.05, 4.69) is 15.3 Å². The molecule has 32 heavy (non-hydrogen) atoms. The van der Waals surface area contributed by atoms with Gasteiger partial charge in [-0.1, -0.05) is 0 Å². The Hall–Kier alpha value is -3.01. The maximum atomic E-state index is 11.5. The van der Waals surface area contributed by atoms with Crippen LogP contribution in [-0.2, 0) is 19.9 Å². The number of rotatable bonds is 8. The molecule has 1 fully saturated rings. The van der Waals surface area contributed by atoms with E-state index in [9.17, 15) is 9.90 Å². The minimum atomic E-state index is -0.645. The standard InChI is InChI=1S/C23H28N4O5/c1-14(28)4-6-32-16-8-19(27-21(9-16)23(30-3)5-7-31-13-23)18-11-24-20-12-25-22(10-17(18)20)26-15(2)29/h8-12,14,24,28H,4-7,13H2,1-3H3,(H,25,26,29)/t14?,23-/m0/s1. The summed E-state index contributed by atoms with van der Waals surface area (Å²) in [6.07, 6.45) is 4.30. The number of aliphatic hydroxyl groups excluding tert-OH is 1. The van der Waals surface area contributed by atoms with Gasteiger partial charge >= 0.3 is 0 Å². The van der Waals surface area contributed by atoms with Gasteiger partial charge in [-0.3, -0.25) is 4.79 Å². The predicted molar refractivity (Wildman–Crippen MR) is 120 cm³/mol. The Morgan fingerprint density at radius 1 is 1.41 bits per heavy atom. The van der Waals surface area contributed by atoms with Crippen LogP contribution >= 0.6 is 0 Å². The first-order valence-electron chi connectivity index (χ1n) is 10.6. The van der Waals surface area contributed by atoms with Crippen LogP contribution in [0.2, 0.25) is 0 Å². The molecule has 1 saturated heterocycles. The number of pyridine rings is 2. The van der Waals surface area contributed by atoms with Crippen LogP contribution in [0.4, 0.5) is 5.82 Å². The predicted octanol–water partition coefficient (Wildman–Crippen LogP) is 3.00. The summed E-state index contributed by atoms with van der Waals surface area (Å²) in [7, 11) is 1.66. The number of nitrogens with one attached hydrogen (secondary N) is 2. The smallest absolute Gasteiger partial charge is 0.222 e. The van der Waals surface area contributed by atoms with E-state index in [-0.39, 0.29) is 5.91 Å². The number of fused-ring (bicyclic) bond motifs is 1. The number of aromatic nitrogens is 3. The molecule has 1 aliphatic rings. The fraction of sp³-hybridized carbons (Fsp3) is 0.435. The van der Waals surface area contributed by atoms with Crippen LogP contribution in [0.5, 0.6) is 5.75 Å². The van der Waals surface area contributed by atoms with Crippen molar-refractivity contribution in [3.8, 4) is 17.0 Å². The van der Waals surface area contributed by atoms with Gasteiger partial charge in [-0.25, -0.2) is 9.97 Å². The number of nitrogens with zero attached hydrogens (tertiary/aromatic N) is 2. The average Bonchev–Trinajstić information content (AvgIpc) is 3.40. The van der Waals surface area contributed by atoms with E-state index in [1.54, 1.807) is 20.2 Å². The van der Waals surface area contributed by atoms with E-state index < -0.39 is 11.7 Å². The van der Waals surface area contributed by atoms with Crippen molar-refractivity contribution in [2.24, 2.45) is 0 Å². The maximum absolute atomic E-state index is 11.5. The quantitative estimate of drug-likeness (QED) is 0.493. The third-order valence-electron chi connectivity index (χ3n) is 5.59. The summed E-state index contributed by atoms with van der Waals surface area (Å²) in [5.41, 5.74) is 2.45. The third-order valence-corrected chi connectivity index (χ3v) is 5.59. The van der Waals surface area contributed by atoms with E-state index >= 15 is 0 Å². The minimum absolute atomic E-state index is 0.189. The molecule has 0 bridgehead atoms. The van der Waals surface area contributed by atoms with E-state index in [0.717, 1.165) is 22.2 Å². The monoisotopic (exact) mass is 440 g/mol. The largest absolute Gasteiger partial charge is 0.493 e. The summed E-state index contributed by atoms with van der Waals surface area (Å²) in [5.74, 6) is 0.915. The Balaban J connectivity index is 1.78. The van der Waals surface area contributed by atoms with Crippen molar-refractivity contribution in [2.45, 2.75) is 38.4 Å². The number of carbonyl (C=O) groups excluding carboxylic acids is 1. The average molecular weight is 441 g/mol. The number of ether oxygens (including phenoxy) is 3. The van der Waals surface area contributed by atoms with Gasteiger partial charge in [0.1, 0.15) is 17.2 Å². The molecule has 4 rings (SSSR count). The molecule has 3 N–H and O–H groups in total. The van der Waals surface area contributed by atoms with Crippen molar-refractivity contribution >= 4 is 22.6 Å². The molecule has 4 heterocycles. The molecular weight excluding hydrogens is 412 g/mol. The SMILES string of the molecule is CO[C@@]1(c2cc(OCCC(C)O)cc(-c3c[nH]c4cnc(NC(C)=O)cc34)n2)CCOC1. The fourth-order valence-corrected chi connectivity index (χ4v) is 3.80. The second-order valence-electron chi connectivity index (χ2n) is 8.06. The molecule has 2 atom stereocenters. The van der Waals surface area contributed by atoms with Gasteiger partial charge in [0.2, 0.25) is 5.91 Å². The van der Waals surface area contributed by atoms with Crippen LogP contribution in [-0.4, -0.2) is 59.0 Å². The molecule has 3 aromatic heterocycles. The van der Waals surface area contributed by atoms with Gasteiger partial charge in [0.05, 0.1) is 42.4 Å². The summed E-state index contributed by atoms with van der Waals surface area (Å²) in [6, 6.07) is 5.56. The van der Waals surface area contributed by atoms with Gasteiger partial charge in [0.25, 0.3) is 0 Å². The first kappa shape index (κ1) is 22.2. The minimum Gasteiger partial charge on any atom is -0.493 e. The van der Waals surface area contributed by atoms with Crippen molar-refractivity contribution in [3.05, 3.63) is 36.3 Å². The van der Waals surface area contributed by atoms with Crippen LogP contribution in [0.25, 0.3) is 22.2 Å². The molecular formula is C23H28N4O5. The number of hydrogen-bond acceptors (Lipinski definition) is 7. The van der Waals surface area contributed by atoms with E-state index in [4.69, 9.17) is 19.2 Å². The molecule has 1 amide bonds. The highest BCUT2D eigenvalue weighted by atomic mass is 16.5. The van der Waals surface area contributed by atoms with Gasteiger partial charge in [-0.15, -0.1) is 0 Å². The van der Waals surface area contributed by atoms with Crippen molar-refractivity contribution in [2.75, 3.05) is 32.2 Å². The molecule has 1 aliphatic heterocycles. The lowest BCUT2D eigenvalue weighted by Crippen LogP contribution is -2.30. The van der Waals surface area contributed by atoms with Crippen molar-refractivity contribution < 1.29 is 24.1 Å². The van der Waals surface area contributed by atoms with Gasteiger partial charge in [0, 0.05) is 62.8 Å². The van der Waals surface area contributed by atoms with Crippen LogP contribution in [0, 0.1) is 0 Å². The Labute approximate surface area is 186 Å². The molecule has 170 valence electrons. The number of aliphatic hydroxyl groups is 1. The Morgan fingerprint density at radius 2 is 2.25 bits per heavy atom. The van der Waals surface area contributed by atoms with E-state index in [1.165, 1.54) is 6.92 Å². The van der Waals surface area contributed by atoms with Crippen LogP contribution in [0.15, 0.2) is 30.6 Å². The lowest BCUT2D eigenvalue weighted by atomic mass is 9.96. The Bertz CT molecular complexity index is 1100. The molecule has 0 saturated carbocycles. The number of aromatic amines is 1. The second kappa shape index (κ2) is 9.23. The number of carbonyl (C=O) groups is 1. The van der Waals surface area contributed by atoms with Gasteiger partial charge in [-0.05, 0) is 13.0 Å². The van der Waals surface area contributed by atoms with Gasteiger partial charge in [-0.2, -0.15) is 0 Å². The second-order valence-corrected chi connectivity index (χ2v) is 8.06. The van der Waals surface area contributed by atoms with Crippen LogP contribution in [0.3, 0.4) is 0 Å². The van der Waals surface area contributed by atoms with Crippen molar-refractivity contribution in [3.63, 3.8) is 0 Å². The molecule has 0 aromatic carbocycles. The maximum Gasteiger partial charge on any atom is 0.222 e. The zero-order chi connectivity index (χ0) is 22.7. The third kappa shape index (κ3) is 4.59. The van der Waals surface area contributed by atoms with Gasteiger partial charge in [0.15, 0.2) is 0 Å². The zero-order valence-electron chi connectivity index (χ0n) is 18.5. The van der Waals surface area contributed by atoms with Crippen LogP contribution in [0.1, 0.15) is 32.4 Å². The summed E-state index contributed by atoms with van der Waals surface area (Å²) in [6.45, 7) is 4.56. The molecule has 9 nitrogen and oxygen atoms in total. The fourth-order valence-electron chi connectivity index (χ4n) is 3.80. The number of hydrogen-bond donors (Lipinski definition) is 3. The molecule has 1 unspecified atom stereocenters. The topological polar surface area (TPSA) is 119 Å². The number of methoxy groups -OCH3 is 1. The molecule has 0 radical (unpaired) electrons. The number of amides is 1. The Morgan fingerprint density at radius 3 is 2.94 bits per heavy atom.